The van der Waals surface area contributed by atoms with E-state index >= 15 is 0 Å². The van der Waals surface area contributed by atoms with E-state index in [2.05, 4.69) is 11.2 Å². The van der Waals surface area contributed by atoms with Gasteiger partial charge in [0.1, 0.15) is 6.61 Å². The molecule has 0 fully saturated rings. The summed E-state index contributed by atoms with van der Waals surface area (Å²) >= 11 is 0. The van der Waals surface area contributed by atoms with Gasteiger partial charge in [0, 0.05) is 12.1 Å². The number of methoxy groups -OCH3 is 3. The molecule has 0 heterocycles. The lowest BCUT2D eigenvalue weighted by molar-refractivity contribution is -0.116. The Hall–Kier alpha value is -3.66. The van der Waals surface area contributed by atoms with Crippen molar-refractivity contribution in [3.8, 4) is 35.3 Å². The zero-order valence-corrected chi connectivity index (χ0v) is 16.6. The highest BCUT2D eigenvalue weighted by molar-refractivity contribution is 6.42. The van der Waals surface area contributed by atoms with Crippen molar-refractivity contribution in [2.24, 2.45) is 0 Å². The third-order valence-electron chi connectivity index (χ3n) is 4.09. The Bertz CT molecular complexity index is 916. The van der Waals surface area contributed by atoms with Crippen molar-refractivity contribution in [2.45, 2.75) is 6.42 Å². The maximum atomic E-state index is 12.3. The molecule has 0 saturated heterocycles. The summed E-state index contributed by atoms with van der Waals surface area (Å²) in [5, 5.41) is 2.62. The molecule has 0 aliphatic rings. The molecule has 0 atom stereocenters. The average molecular weight is 397 g/mol. The fraction of sp³-hybridized carbons (Fsp3) is 0.273. The van der Waals surface area contributed by atoms with E-state index in [0.29, 0.717) is 29.4 Å². The lowest BCUT2D eigenvalue weighted by Gasteiger charge is -2.11. The number of Topliss-reactive ketones (excluding diaryl/α,β-unsaturated/α-hetero) is 1. The minimum atomic E-state index is -0.696. The molecule has 0 aromatic heterocycles. The molecule has 2 aromatic rings. The summed E-state index contributed by atoms with van der Waals surface area (Å²) in [6, 6.07) is 9.96. The first-order chi connectivity index (χ1) is 14.0. The van der Waals surface area contributed by atoms with Gasteiger partial charge in [-0.15, -0.1) is 6.42 Å². The van der Waals surface area contributed by atoms with Crippen molar-refractivity contribution in [3.63, 3.8) is 0 Å². The predicted octanol–water partition coefficient (Wildman–Crippen LogP) is 2.27. The fourth-order valence-electron chi connectivity index (χ4n) is 2.62. The largest absolute Gasteiger partial charge is 0.493 e. The van der Waals surface area contributed by atoms with Crippen molar-refractivity contribution < 1.29 is 28.5 Å². The van der Waals surface area contributed by atoms with Gasteiger partial charge in [0.25, 0.3) is 5.91 Å². The van der Waals surface area contributed by atoms with E-state index in [1.54, 1.807) is 18.2 Å². The third-order valence-corrected chi connectivity index (χ3v) is 4.09. The van der Waals surface area contributed by atoms with E-state index in [-0.39, 0.29) is 18.7 Å². The molecular weight excluding hydrogens is 374 g/mol. The zero-order valence-electron chi connectivity index (χ0n) is 16.6. The number of hydrogen-bond donors (Lipinski definition) is 1. The standard InChI is InChI=1S/C22H23NO6/c1-5-12-29-18-8-6-15(13-19(18)27-3)10-11-23-22(25)21(24)16-7-9-17(26-2)20(14-16)28-4/h1,6-9,13-14H,10-12H2,2-4H3,(H,23,25). The molecule has 2 aromatic carbocycles. The van der Waals surface area contributed by atoms with Crippen LogP contribution in [0, 0.1) is 12.3 Å². The maximum absolute atomic E-state index is 12.3. The molecule has 2 rings (SSSR count). The van der Waals surface area contributed by atoms with E-state index < -0.39 is 11.7 Å². The van der Waals surface area contributed by atoms with Crippen LogP contribution in [0.2, 0.25) is 0 Å². The van der Waals surface area contributed by atoms with Gasteiger partial charge in [0.05, 0.1) is 21.3 Å². The number of hydrogen-bond acceptors (Lipinski definition) is 6. The van der Waals surface area contributed by atoms with Crippen LogP contribution < -0.4 is 24.3 Å². The number of nitrogens with one attached hydrogen (secondary N) is 1. The first-order valence-corrected chi connectivity index (χ1v) is 8.81. The van der Waals surface area contributed by atoms with E-state index in [1.807, 2.05) is 6.07 Å². The van der Waals surface area contributed by atoms with E-state index in [1.165, 1.54) is 33.5 Å². The number of ether oxygens (including phenoxy) is 4. The molecule has 7 heteroatoms. The summed E-state index contributed by atoms with van der Waals surface area (Å²) in [4.78, 5) is 24.5. The number of carbonyl (C=O) groups is 2. The van der Waals surface area contributed by atoms with Gasteiger partial charge in [-0.25, -0.2) is 0 Å². The second kappa shape index (κ2) is 10.6. The lowest BCUT2D eigenvalue weighted by Crippen LogP contribution is -2.32. The summed E-state index contributed by atoms with van der Waals surface area (Å²) in [7, 11) is 4.49. The van der Waals surface area contributed by atoms with Gasteiger partial charge in [0.2, 0.25) is 5.78 Å². The summed E-state index contributed by atoms with van der Waals surface area (Å²) in [6.45, 7) is 0.426. The Morgan fingerprint density at radius 3 is 2.24 bits per heavy atom. The normalized spacial score (nSPS) is 9.86. The average Bonchev–Trinajstić information content (AvgIpc) is 2.76. The van der Waals surface area contributed by atoms with E-state index in [9.17, 15) is 9.59 Å². The van der Waals surface area contributed by atoms with Crippen LogP contribution in [-0.4, -0.2) is 46.2 Å². The number of ketones is 1. The quantitative estimate of drug-likeness (QED) is 0.376. The SMILES string of the molecule is C#CCOc1ccc(CCNC(=O)C(=O)c2ccc(OC)c(OC)c2)cc1OC. The van der Waals surface area contributed by atoms with Crippen molar-refractivity contribution in [3.05, 3.63) is 47.5 Å². The molecule has 7 nitrogen and oxygen atoms in total. The third kappa shape index (κ3) is 5.66. The maximum Gasteiger partial charge on any atom is 0.292 e. The lowest BCUT2D eigenvalue weighted by atomic mass is 10.1. The number of terminal acetylenes is 1. The van der Waals surface area contributed by atoms with Gasteiger partial charge >= 0.3 is 0 Å². The van der Waals surface area contributed by atoms with Crippen LogP contribution in [0.15, 0.2) is 36.4 Å². The summed E-state index contributed by atoms with van der Waals surface area (Å²) < 4.78 is 21.0. The zero-order chi connectivity index (χ0) is 21.2. The predicted molar refractivity (Wildman–Crippen MR) is 108 cm³/mol. The van der Waals surface area contributed by atoms with Crippen molar-refractivity contribution in [2.75, 3.05) is 34.5 Å². The first kappa shape index (κ1) is 21.6. The van der Waals surface area contributed by atoms with Gasteiger partial charge < -0.3 is 24.3 Å². The minimum Gasteiger partial charge on any atom is -0.493 e. The van der Waals surface area contributed by atoms with Crippen LogP contribution in [0.4, 0.5) is 0 Å². The molecule has 0 aliphatic carbocycles. The highest BCUT2D eigenvalue weighted by Gasteiger charge is 2.18. The van der Waals surface area contributed by atoms with Crippen molar-refractivity contribution in [1.82, 2.24) is 5.32 Å². The second-order valence-electron chi connectivity index (χ2n) is 5.88. The number of amides is 1. The van der Waals surface area contributed by atoms with Crippen molar-refractivity contribution in [1.29, 1.82) is 0 Å². The molecule has 0 saturated carbocycles. The Balaban J connectivity index is 1.95. The molecule has 1 amide bonds. The molecule has 0 bridgehead atoms. The molecular formula is C22H23NO6. The number of carbonyl (C=O) groups excluding carboxylic acids is 2. The Labute approximate surface area is 169 Å². The Kier molecular flexibility index (Phi) is 7.92. The van der Waals surface area contributed by atoms with E-state index in [4.69, 9.17) is 25.4 Å². The molecule has 0 unspecified atom stereocenters. The summed E-state index contributed by atoms with van der Waals surface area (Å²) in [5.41, 5.74) is 1.13. The number of benzene rings is 2. The molecule has 0 spiro atoms. The van der Waals surface area contributed by atoms with E-state index in [0.717, 1.165) is 5.56 Å². The second-order valence-corrected chi connectivity index (χ2v) is 5.88. The molecule has 0 radical (unpaired) electrons. The smallest absolute Gasteiger partial charge is 0.292 e. The Morgan fingerprint density at radius 2 is 1.59 bits per heavy atom. The van der Waals surface area contributed by atoms with Gasteiger partial charge in [-0.3, -0.25) is 9.59 Å². The highest BCUT2D eigenvalue weighted by atomic mass is 16.5. The Morgan fingerprint density at radius 1 is 0.931 bits per heavy atom. The fourth-order valence-corrected chi connectivity index (χ4v) is 2.62. The topological polar surface area (TPSA) is 83.1 Å². The summed E-state index contributed by atoms with van der Waals surface area (Å²) in [6.07, 6.45) is 5.70. The van der Waals surface area contributed by atoms with Gasteiger partial charge in [-0.2, -0.15) is 0 Å². The van der Waals surface area contributed by atoms with Crippen molar-refractivity contribution >= 4 is 11.7 Å². The number of rotatable bonds is 10. The van der Waals surface area contributed by atoms with Gasteiger partial charge in [-0.1, -0.05) is 12.0 Å². The van der Waals surface area contributed by atoms with Crippen LogP contribution in [0.3, 0.4) is 0 Å². The molecule has 0 aliphatic heterocycles. The van der Waals surface area contributed by atoms with Crippen LogP contribution >= 0.6 is 0 Å². The van der Waals surface area contributed by atoms with Crippen LogP contribution in [0.25, 0.3) is 0 Å². The highest BCUT2D eigenvalue weighted by Crippen LogP contribution is 2.29. The molecule has 152 valence electrons. The first-order valence-electron chi connectivity index (χ1n) is 8.81. The monoisotopic (exact) mass is 397 g/mol. The van der Waals surface area contributed by atoms with Crippen LogP contribution in [0.1, 0.15) is 15.9 Å². The summed E-state index contributed by atoms with van der Waals surface area (Å²) in [5.74, 6) is 3.00. The molecule has 29 heavy (non-hydrogen) atoms. The van der Waals surface area contributed by atoms with Gasteiger partial charge in [0.15, 0.2) is 23.0 Å². The van der Waals surface area contributed by atoms with Crippen LogP contribution in [0.5, 0.6) is 23.0 Å². The molecule has 1 N–H and O–H groups in total. The minimum absolute atomic E-state index is 0.143. The van der Waals surface area contributed by atoms with Crippen LogP contribution in [-0.2, 0) is 11.2 Å². The van der Waals surface area contributed by atoms with Gasteiger partial charge in [-0.05, 0) is 42.3 Å².